The molecular formula is C21H23ClN4O3. The number of halogens is 1. The number of hydrogen-bond acceptors (Lipinski definition) is 6. The van der Waals surface area contributed by atoms with E-state index in [4.69, 9.17) is 16.3 Å². The van der Waals surface area contributed by atoms with Crippen LogP contribution in [0.2, 0.25) is 5.02 Å². The number of benzene rings is 1. The highest BCUT2D eigenvalue weighted by Gasteiger charge is 2.34. The van der Waals surface area contributed by atoms with Crippen LogP contribution in [0.25, 0.3) is 11.3 Å². The van der Waals surface area contributed by atoms with Crippen LogP contribution in [0.3, 0.4) is 0 Å². The summed E-state index contributed by atoms with van der Waals surface area (Å²) in [6, 6.07) is 5.76. The van der Waals surface area contributed by atoms with E-state index in [1.54, 1.807) is 17.2 Å². The minimum absolute atomic E-state index is 0.0408. The van der Waals surface area contributed by atoms with Crippen molar-refractivity contribution in [1.29, 1.82) is 0 Å². The van der Waals surface area contributed by atoms with Crippen LogP contribution in [0, 0.1) is 0 Å². The Morgan fingerprint density at radius 1 is 1.34 bits per heavy atom. The normalized spacial score (nSPS) is 19.3. The predicted octanol–water partition coefficient (Wildman–Crippen LogP) is 3.49. The number of carbonyl (C=O) groups is 2. The van der Waals surface area contributed by atoms with Crippen molar-refractivity contribution >= 4 is 29.2 Å². The van der Waals surface area contributed by atoms with Gasteiger partial charge < -0.3 is 15.0 Å². The van der Waals surface area contributed by atoms with Crippen LogP contribution in [0.4, 0.5) is 5.95 Å². The summed E-state index contributed by atoms with van der Waals surface area (Å²) in [6.45, 7) is 4.97. The van der Waals surface area contributed by atoms with E-state index in [1.807, 2.05) is 19.1 Å². The van der Waals surface area contributed by atoms with Crippen LogP contribution in [0.5, 0.6) is 0 Å². The summed E-state index contributed by atoms with van der Waals surface area (Å²) in [6.07, 6.45) is 3.38. The molecule has 1 aromatic carbocycles. The molecule has 1 fully saturated rings. The summed E-state index contributed by atoms with van der Waals surface area (Å²) in [5.41, 5.74) is 2.82. The number of amides is 1. The Kier molecular flexibility index (Phi) is 5.52. The molecule has 7 nitrogen and oxygen atoms in total. The largest absolute Gasteiger partial charge is 0.381 e. The molecule has 1 saturated heterocycles. The molecule has 29 heavy (non-hydrogen) atoms. The number of aromatic nitrogens is 2. The highest BCUT2D eigenvalue weighted by molar-refractivity contribution is 6.33. The number of fused-ring (bicyclic) bond motifs is 1. The molecule has 2 aliphatic heterocycles. The standard InChI is InChI=1S/C21H23ClN4O3/c1-12(27)11-26-13(2)16-4-3-14(9-17(16)20(26)28)19-18(22)10-23-21(25-19)24-15-5-7-29-8-6-15/h3-4,9-10,13,15H,5-8,11H2,1-2H3,(H,23,24,25)/t13-/m1/s1. The molecule has 2 aromatic rings. The first-order chi connectivity index (χ1) is 13.9. The maximum atomic E-state index is 12.8. The zero-order chi connectivity index (χ0) is 20.5. The van der Waals surface area contributed by atoms with Gasteiger partial charge in [-0.15, -0.1) is 0 Å². The van der Waals surface area contributed by atoms with Gasteiger partial charge in [0.15, 0.2) is 0 Å². The van der Waals surface area contributed by atoms with Gasteiger partial charge in [0.1, 0.15) is 5.78 Å². The zero-order valence-corrected chi connectivity index (χ0v) is 17.2. The molecule has 3 heterocycles. The SMILES string of the molecule is CC(=O)CN1C(=O)c2cc(-c3nc(NC4CCOCC4)ncc3Cl)ccc2[C@H]1C. The zero-order valence-electron chi connectivity index (χ0n) is 16.4. The first-order valence-electron chi connectivity index (χ1n) is 9.75. The number of anilines is 1. The molecular weight excluding hydrogens is 392 g/mol. The quantitative estimate of drug-likeness (QED) is 0.806. The summed E-state index contributed by atoms with van der Waals surface area (Å²) in [4.78, 5) is 34.8. The van der Waals surface area contributed by atoms with Crippen LogP contribution in [-0.4, -0.2) is 52.4 Å². The molecule has 0 bridgehead atoms. The van der Waals surface area contributed by atoms with Crippen molar-refractivity contribution in [3.63, 3.8) is 0 Å². The molecule has 0 unspecified atom stereocenters. The fourth-order valence-electron chi connectivity index (χ4n) is 3.86. The molecule has 0 aliphatic carbocycles. The van der Waals surface area contributed by atoms with Gasteiger partial charge in [0.25, 0.3) is 5.91 Å². The van der Waals surface area contributed by atoms with Crippen LogP contribution in [-0.2, 0) is 9.53 Å². The Morgan fingerprint density at radius 2 is 2.10 bits per heavy atom. The molecule has 1 amide bonds. The molecule has 0 spiro atoms. The van der Waals surface area contributed by atoms with Gasteiger partial charge in [-0.1, -0.05) is 23.7 Å². The van der Waals surface area contributed by atoms with Gasteiger partial charge in [0.05, 0.1) is 29.5 Å². The molecule has 4 rings (SSSR count). The molecule has 0 saturated carbocycles. The second-order valence-electron chi connectivity index (χ2n) is 7.53. The maximum absolute atomic E-state index is 12.8. The van der Waals surface area contributed by atoms with E-state index in [-0.39, 0.29) is 30.3 Å². The van der Waals surface area contributed by atoms with E-state index in [1.165, 1.54) is 6.92 Å². The Hall–Kier alpha value is -2.51. The Labute approximate surface area is 174 Å². The van der Waals surface area contributed by atoms with Crippen molar-refractivity contribution in [1.82, 2.24) is 14.9 Å². The smallest absolute Gasteiger partial charge is 0.255 e. The van der Waals surface area contributed by atoms with E-state index in [9.17, 15) is 9.59 Å². The lowest BCUT2D eigenvalue weighted by molar-refractivity contribution is -0.118. The number of ketones is 1. The summed E-state index contributed by atoms with van der Waals surface area (Å²) >= 11 is 6.37. The summed E-state index contributed by atoms with van der Waals surface area (Å²) in [5, 5.41) is 3.76. The van der Waals surface area contributed by atoms with Crippen LogP contribution in [0.15, 0.2) is 24.4 Å². The molecule has 1 aromatic heterocycles. The molecule has 0 radical (unpaired) electrons. The van der Waals surface area contributed by atoms with E-state index in [0.717, 1.165) is 37.2 Å². The highest BCUT2D eigenvalue weighted by Crippen LogP contribution is 2.36. The highest BCUT2D eigenvalue weighted by atomic mass is 35.5. The van der Waals surface area contributed by atoms with E-state index in [0.29, 0.717) is 22.2 Å². The number of carbonyl (C=O) groups excluding carboxylic acids is 2. The minimum atomic E-state index is -0.143. The third kappa shape index (κ3) is 3.97. The van der Waals surface area contributed by atoms with Gasteiger partial charge in [-0.2, -0.15) is 0 Å². The second-order valence-corrected chi connectivity index (χ2v) is 7.94. The van der Waals surface area contributed by atoms with Crippen molar-refractivity contribution in [2.24, 2.45) is 0 Å². The Bertz CT molecular complexity index is 959. The van der Waals surface area contributed by atoms with E-state index < -0.39 is 0 Å². The van der Waals surface area contributed by atoms with Crippen molar-refractivity contribution in [3.05, 3.63) is 40.5 Å². The average molecular weight is 415 g/mol. The maximum Gasteiger partial charge on any atom is 0.255 e. The lowest BCUT2D eigenvalue weighted by Gasteiger charge is -2.23. The van der Waals surface area contributed by atoms with Crippen LogP contribution < -0.4 is 5.32 Å². The van der Waals surface area contributed by atoms with Gasteiger partial charge in [-0.05, 0) is 38.3 Å². The number of rotatable bonds is 5. The minimum Gasteiger partial charge on any atom is -0.381 e. The Balaban J connectivity index is 1.63. The van der Waals surface area contributed by atoms with E-state index >= 15 is 0 Å². The molecule has 152 valence electrons. The average Bonchev–Trinajstić information content (AvgIpc) is 2.94. The summed E-state index contributed by atoms with van der Waals surface area (Å²) in [7, 11) is 0. The van der Waals surface area contributed by atoms with Crippen LogP contribution >= 0.6 is 11.6 Å². The molecule has 1 atom stereocenters. The van der Waals surface area contributed by atoms with Gasteiger partial charge in [0, 0.05) is 30.4 Å². The lowest BCUT2D eigenvalue weighted by atomic mass is 10.0. The monoisotopic (exact) mass is 414 g/mol. The van der Waals surface area contributed by atoms with Crippen LogP contribution in [0.1, 0.15) is 48.7 Å². The number of ether oxygens (including phenoxy) is 1. The van der Waals surface area contributed by atoms with E-state index in [2.05, 4.69) is 15.3 Å². The van der Waals surface area contributed by atoms with Gasteiger partial charge in [0.2, 0.25) is 5.95 Å². The Morgan fingerprint density at radius 3 is 2.83 bits per heavy atom. The third-order valence-electron chi connectivity index (χ3n) is 5.43. The number of nitrogens with zero attached hydrogens (tertiary/aromatic N) is 3. The fraction of sp³-hybridized carbons (Fsp3) is 0.429. The first kappa shape index (κ1) is 19.8. The van der Waals surface area contributed by atoms with Crippen molar-refractivity contribution in [2.45, 2.75) is 38.8 Å². The van der Waals surface area contributed by atoms with Gasteiger partial charge in [-0.3, -0.25) is 9.59 Å². The predicted molar refractivity (Wildman–Crippen MR) is 110 cm³/mol. The molecule has 2 aliphatic rings. The molecule has 1 N–H and O–H groups in total. The lowest BCUT2D eigenvalue weighted by Crippen LogP contribution is -2.31. The van der Waals surface area contributed by atoms with Gasteiger partial charge in [-0.25, -0.2) is 9.97 Å². The molecule has 8 heteroatoms. The van der Waals surface area contributed by atoms with Crippen molar-refractivity contribution in [2.75, 3.05) is 25.1 Å². The fourth-order valence-corrected chi connectivity index (χ4v) is 4.06. The third-order valence-corrected chi connectivity index (χ3v) is 5.70. The summed E-state index contributed by atoms with van der Waals surface area (Å²) < 4.78 is 5.38. The number of hydrogen-bond donors (Lipinski definition) is 1. The topological polar surface area (TPSA) is 84.4 Å². The number of Topliss-reactive ketones (excluding diaryl/α,β-unsaturated/α-hetero) is 1. The summed E-state index contributed by atoms with van der Waals surface area (Å²) in [5.74, 6) is 0.325. The van der Waals surface area contributed by atoms with Crippen molar-refractivity contribution < 1.29 is 14.3 Å². The number of nitrogens with one attached hydrogen (secondary N) is 1. The van der Waals surface area contributed by atoms with Crippen molar-refractivity contribution in [3.8, 4) is 11.3 Å². The van der Waals surface area contributed by atoms with Gasteiger partial charge >= 0.3 is 0 Å². The first-order valence-corrected chi connectivity index (χ1v) is 10.1. The second kappa shape index (κ2) is 8.08.